The van der Waals surface area contributed by atoms with Crippen molar-refractivity contribution in [3.8, 4) is 0 Å². The number of hydrogen-bond acceptors (Lipinski definition) is 9. The summed E-state index contributed by atoms with van der Waals surface area (Å²) in [6.45, 7) is 1.26. The molecule has 10 nitrogen and oxygen atoms in total. The second kappa shape index (κ2) is 28.6. The number of benzene rings is 1. The molecule has 0 spiro atoms. The number of carbonyl (C=O) groups excluding carboxylic acids is 1. The molecule has 2 rings (SSSR count). The van der Waals surface area contributed by atoms with Gasteiger partial charge in [0, 0.05) is 12.5 Å². The summed E-state index contributed by atoms with van der Waals surface area (Å²) in [6.07, 6.45) is 12.6. The van der Waals surface area contributed by atoms with Gasteiger partial charge in [-0.3, -0.25) is 4.79 Å². The van der Waals surface area contributed by atoms with Crippen LogP contribution in [-0.4, -0.2) is 98.7 Å². The second-order valence-corrected chi connectivity index (χ2v) is 15.0. The van der Waals surface area contributed by atoms with Gasteiger partial charge in [-0.05, 0) is 37.3 Å². The summed E-state index contributed by atoms with van der Waals surface area (Å²) < 4.78 is 37.9. The van der Waals surface area contributed by atoms with Crippen LogP contribution in [0.1, 0.15) is 154 Å². The molecular formula is C41H71F2NO9. The Kier molecular flexibility index (Phi) is 25.6. The first-order valence-corrected chi connectivity index (χ1v) is 20.6. The van der Waals surface area contributed by atoms with E-state index in [1.54, 1.807) is 0 Å². The zero-order valence-corrected chi connectivity index (χ0v) is 32.2. The maximum Gasteiger partial charge on any atom is 0.220 e. The molecule has 0 aromatic heterocycles. The van der Waals surface area contributed by atoms with E-state index in [-0.39, 0.29) is 18.9 Å². The highest BCUT2D eigenvalue weighted by Gasteiger charge is 2.44. The zero-order chi connectivity index (χ0) is 38.8. The van der Waals surface area contributed by atoms with Gasteiger partial charge in [0.15, 0.2) is 6.29 Å². The molecule has 1 amide bonds. The van der Waals surface area contributed by atoms with Gasteiger partial charge in [-0.2, -0.15) is 0 Å². The topological polar surface area (TPSA) is 169 Å². The number of unbranched alkanes of at least 4 members (excludes halogenated alkanes) is 18. The molecule has 7 N–H and O–H groups in total. The number of aliphatic hydroxyl groups excluding tert-OH is 6. The van der Waals surface area contributed by atoms with Crippen LogP contribution in [0.3, 0.4) is 0 Å². The van der Waals surface area contributed by atoms with Gasteiger partial charge in [-0.15, -0.1) is 0 Å². The van der Waals surface area contributed by atoms with E-state index in [4.69, 9.17) is 9.47 Å². The highest BCUT2D eigenvalue weighted by molar-refractivity contribution is 5.76. The van der Waals surface area contributed by atoms with Gasteiger partial charge in [-0.25, -0.2) is 8.78 Å². The summed E-state index contributed by atoms with van der Waals surface area (Å²) in [5.41, 5.74) is 0.536. The van der Waals surface area contributed by atoms with E-state index in [1.165, 1.54) is 63.5 Å². The minimum absolute atomic E-state index is 0.210. The normalized spacial score (nSPS) is 22.1. The molecule has 0 aliphatic carbocycles. The molecular weight excluding hydrogens is 688 g/mol. The Morgan fingerprint density at radius 1 is 0.774 bits per heavy atom. The van der Waals surface area contributed by atoms with E-state index in [1.807, 2.05) is 0 Å². The molecule has 0 saturated carbocycles. The summed E-state index contributed by atoms with van der Waals surface area (Å²) in [7, 11) is 0. The molecule has 0 radical (unpaired) electrons. The van der Waals surface area contributed by atoms with Crippen LogP contribution in [0.4, 0.5) is 8.78 Å². The van der Waals surface area contributed by atoms with E-state index in [0.29, 0.717) is 24.8 Å². The van der Waals surface area contributed by atoms with E-state index >= 15 is 0 Å². The smallest absolute Gasteiger partial charge is 0.220 e. The third-order valence-corrected chi connectivity index (χ3v) is 10.4. The lowest BCUT2D eigenvalue weighted by atomic mass is 9.98. The highest BCUT2D eigenvalue weighted by Crippen LogP contribution is 2.23. The fourth-order valence-corrected chi connectivity index (χ4v) is 6.93. The van der Waals surface area contributed by atoms with Gasteiger partial charge in [0.05, 0.1) is 25.4 Å². The molecule has 308 valence electrons. The van der Waals surface area contributed by atoms with Crippen LogP contribution in [0.5, 0.6) is 0 Å². The monoisotopic (exact) mass is 760 g/mol. The van der Waals surface area contributed by atoms with Crippen molar-refractivity contribution >= 4 is 5.91 Å². The minimum Gasteiger partial charge on any atom is -0.394 e. The summed E-state index contributed by atoms with van der Waals surface area (Å²) >= 11 is 0. The average Bonchev–Trinajstić information content (AvgIpc) is 3.14. The van der Waals surface area contributed by atoms with E-state index in [2.05, 4.69) is 12.2 Å². The summed E-state index contributed by atoms with van der Waals surface area (Å²) in [5, 5.41) is 64.8. The molecule has 0 unspecified atom stereocenters. The van der Waals surface area contributed by atoms with Gasteiger partial charge >= 0.3 is 0 Å². The standard InChI is InChI=1S/C41H71F2NO9/c1-2-3-4-5-6-7-8-9-10-14-17-20-23-34(46)37(48)33(29-52-41-40(51)39(50)38(49)35(28-45)53-41)44-36(47)24-21-18-15-12-11-13-16-19-22-30-25-26-31(42)27-32(30)43/h25-27,33-35,37-41,45-46,48-51H,2-24,28-29H2,1H3,(H,44,47)/t33-,34+,35+,37-,38-,39-,40+,41-/m0/s1. The number of carbonyl (C=O) groups is 1. The van der Waals surface area contributed by atoms with Crippen LogP contribution >= 0.6 is 0 Å². The third-order valence-electron chi connectivity index (χ3n) is 10.4. The van der Waals surface area contributed by atoms with Crippen LogP contribution in [0.25, 0.3) is 0 Å². The van der Waals surface area contributed by atoms with Crippen molar-refractivity contribution in [2.24, 2.45) is 0 Å². The maximum atomic E-state index is 13.8. The van der Waals surface area contributed by atoms with Crippen molar-refractivity contribution in [1.29, 1.82) is 0 Å². The molecule has 1 heterocycles. The molecule has 1 aromatic carbocycles. The zero-order valence-electron chi connectivity index (χ0n) is 32.2. The highest BCUT2D eigenvalue weighted by atomic mass is 19.1. The van der Waals surface area contributed by atoms with Crippen LogP contribution < -0.4 is 5.32 Å². The fourth-order valence-electron chi connectivity index (χ4n) is 6.93. The lowest BCUT2D eigenvalue weighted by Crippen LogP contribution is -2.60. The molecule has 1 aromatic rings. The van der Waals surface area contributed by atoms with Crippen LogP contribution in [0, 0.1) is 11.6 Å². The fraction of sp³-hybridized carbons (Fsp3) is 0.829. The van der Waals surface area contributed by atoms with Gasteiger partial charge in [0.25, 0.3) is 0 Å². The largest absolute Gasteiger partial charge is 0.394 e. The summed E-state index contributed by atoms with van der Waals surface area (Å²) in [4.78, 5) is 12.9. The summed E-state index contributed by atoms with van der Waals surface area (Å²) in [5.74, 6) is -1.39. The van der Waals surface area contributed by atoms with Crippen molar-refractivity contribution < 1.29 is 53.7 Å². The van der Waals surface area contributed by atoms with Gasteiger partial charge in [-0.1, -0.05) is 129 Å². The van der Waals surface area contributed by atoms with Gasteiger partial charge < -0.3 is 45.4 Å². The molecule has 1 aliphatic heterocycles. The lowest BCUT2D eigenvalue weighted by Gasteiger charge is -2.40. The number of ether oxygens (including phenoxy) is 2. The minimum atomic E-state index is -1.63. The Labute approximate surface area is 316 Å². The van der Waals surface area contributed by atoms with Crippen molar-refractivity contribution in [3.63, 3.8) is 0 Å². The van der Waals surface area contributed by atoms with Gasteiger partial charge in [0.1, 0.15) is 42.2 Å². The SMILES string of the molecule is CCCCCCCCCCCCCC[C@@H](O)[C@@H](O)[C@H](CO[C@H]1O[C@H](CO)[C@H](O)[C@H](O)[C@H]1O)NC(=O)CCCCCCCCCCc1ccc(F)cc1F. The maximum absolute atomic E-state index is 13.8. The van der Waals surface area contributed by atoms with Crippen LogP contribution in [0.15, 0.2) is 18.2 Å². The lowest BCUT2D eigenvalue weighted by molar-refractivity contribution is -0.303. The number of aliphatic hydroxyl groups is 6. The van der Waals surface area contributed by atoms with Crippen LogP contribution in [0.2, 0.25) is 0 Å². The van der Waals surface area contributed by atoms with Crippen molar-refractivity contribution in [2.75, 3.05) is 13.2 Å². The second-order valence-electron chi connectivity index (χ2n) is 15.0. The Balaban J connectivity index is 1.72. The predicted molar refractivity (Wildman–Crippen MR) is 201 cm³/mol. The Hall–Kier alpha value is -1.77. The predicted octanol–water partition coefficient (Wildman–Crippen LogP) is 6.13. The number of aryl methyl sites for hydroxylation is 1. The number of rotatable bonds is 31. The summed E-state index contributed by atoms with van der Waals surface area (Å²) in [6, 6.07) is 2.66. The van der Waals surface area contributed by atoms with Gasteiger partial charge in [0.2, 0.25) is 5.91 Å². The van der Waals surface area contributed by atoms with E-state index in [0.717, 1.165) is 76.7 Å². The number of nitrogens with one attached hydrogen (secondary N) is 1. The molecule has 0 bridgehead atoms. The van der Waals surface area contributed by atoms with E-state index in [9.17, 15) is 44.2 Å². The Morgan fingerprint density at radius 3 is 1.89 bits per heavy atom. The first kappa shape index (κ1) is 47.4. The number of amides is 1. The van der Waals surface area contributed by atoms with Crippen molar-refractivity contribution in [1.82, 2.24) is 5.32 Å². The molecule has 1 fully saturated rings. The molecule has 1 aliphatic rings. The molecule has 12 heteroatoms. The molecule has 8 atom stereocenters. The van der Waals surface area contributed by atoms with E-state index < -0.39 is 67.2 Å². The Morgan fingerprint density at radius 2 is 1.32 bits per heavy atom. The molecule has 53 heavy (non-hydrogen) atoms. The van der Waals surface area contributed by atoms with Crippen molar-refractivity contribution in [2.45, 2.75) is 204 Å². The number of halogens is 2. The quantitative estimate of drug-likeness (QED) is 0.0441. The molecule has 1 saturated heterocycles. The third kappa shape index (κ3) is 19.6. The number of hydrogen-bond donors (Lipinski definition) is 7. The first-order valence-electron chi connectivity index (χ1n) is 20.6. The van der Waals surface area contributed by atoms with Crippen LogP contribution in [-0.2, 0) is 20.7 Å². The van der Waals surface area contributed by atoms with Crippen molar-refractivity contribution in [3.05, 3.63) is 35.4 Å². The first-order chi connectivity index (χ1) is 25.6. The average molecular weight is 760 g/mol. The Bertz CT molecular complexity index is 1080.